The molecule has 0 bridgehead atoms. The largest absolute Gasteiger partial charge is 0.481 e. The van der Waals surface area contributed by atoms with Crippen molar-refractivity contribution in [2.45, 2.75) is 13.0 Å². The van der Waals surface area contributed by atoms with Gasteiger partial charge in [0.15, 0.2) is 0 Å². The molecule has 0 atom stereocenters. The quantitative estimate of drug-likeness (QED) is 0.801. The number of rotatable bonds is 4. The molecule has 2 heterocycles. The van der Waals surface area contributed by atoms with Crippen molar-refractivity contribution in [3.8, 4) is 0 Å². The average molecular weight is 250 g/mol. The third-order valence-electron chi connectivity index (χ3n) is 3.05. The maximum absolute atomic E-state index is 11.7. The third kappa shape index (κ3) is 2.58. The topological polar surface area (TPSA) is 79.6 Å². The van der Waals surface area contributed by atoms with Gasteiger partial charge in [0.05, 0.1) is 5.92 Å². The lowest BCUT2D eigenvalue weighted by molar-refractivity contribution is -0.152. The van der Waals surface area contributed by atoms with Gasteiger partial charge in [-0.05, 0) is 6.07 Å². The summed E-state index contributed by atoms with van der Waals surface area (Å²) in [4.78, 5) is 35.2. The van der Waals surface area contributed by atoms with Crippen LogP contribution in [-0.2, 0) is 16.1 Å². The van der Waals surface area contributed by atoms with Gasteiger partial charge in [-0.2, -0.15) is 0 Å². The average Bonchev–Trinajstić information content (AvgIpc) is 2.25. The SMILES string of the molecule is O=C(O)C1CN(C(=O)CCn2ccccc2=O)C1. The molecule has 0 aromatic carbocycles. The number of carbonyl (C=O) groups excluding carboxylic acids is 1. The number of amides is 1. The second-order valence-electron chi connectivity index (χ2n) is 4.32. The van der Waals surface area contributed by atoms with Crippen LogP contribution in [0.1, 0.15) is 6.42 Å². The van der Waals surface area contributed by atoms with E-state index in [-0.39, 0.29) is 31.0 Å². The number of aryl methyl sites for hydroxylation is 1. The molecule has 2 rings (SSSR count). The van der Waals surface area contributed by atoms with Crippen LogP contribution in [0.5, 0.6) is 0 Å². The Kier molecular flexibility index (Phi) is 3.45. The Morgan fingerprint density at radius 1 is 1.33 bits per heavy atom. The van der Waals surface area contributed by atoms with E-state index in [2.05, 4.69) is 0 Å². The molecule has 1 saturated heterocycles. The van der Waals surface area contributed by atoms with Gasteiger partial charge in [-0.3, -0.25) is 14.4 Å². The minimum atomic E-state index is -0.863. The maximum Gasteiger partial charge on any atom is 0.310 e. The number of carboxylic acid groups (broad SMARTS) is 1. The summed E-state index contributed by atoms with van der Waals surface area (Å²) in [5.41, 5.74) is -0.141. The molecule has 1 fully saturated rings. The first-order valence-electron chi connectivity index (χ1n) is 5.74. The van der Waals surface area contributed by atoms with Crippen LogP contribution >= 0.6 is 0 Å². The number of carboxylic acids is 1. The van der Waals surface area contributed by atoms with Gasteiger partial charge in [0.25, 0.3) is 5.56 Å². The molecule has 1 aliphatic rings. The Bertz CT molecular complexity index is 517. The third-order valence-corrected chi connectivity index (χ3v) is 3.05. The van der Waals surface area contributed by atoms with Crippen molar-refractivity contribution in [2.75, 3.05) is 13.1 Å². The zero-order valence-electron chi connectivity index (χ0n) is 9.78. The van der Waals surface area contributed by atoms with Crippen molar-refractivity contribution in [1.82, 2.24) is 9.47 Å². The Labute approximate surface area is 103 Å². The Morgan fingerprint density at radius 3 is 2.67 bits per heavy atom. The monoisotopic (exact) mass is 250 g/mol. The first-order valence-corrected chi connectivity index (χ1v) is 5.74. The van der Waals surface area contributed by atoms with E-state index in [0.29, 0.717) is 6.54 Å². The van der Waals surface area contributed by atoms with Gasteiger partial charge in [0, 0.05) is 38.3 Å². The number of likely N-dealkylation sites (tertiary alicyclic amines) is 1. The molecule has 1 aliphatic heterocycles. The van der Waals surface area contributed by atoms with Crippen molar-refractivity contribution in [2.24, 2.45) is 5.92 Å². The normalized spacial score (nSPS) is 15.2. The molecule has 18 heavy (non-hydrogen) atoms. The summed E-state index contributed by atoms with van der Waals surface area (Å²) in [5, 5.41) is 8.69. The van der Waals surface area contributed by atoms with Gasteiger partial charge in [0.2, 0.25) is 5.91 Å². The summed E-state index contributed by atoms with van der Waals surface area (Å²) in [6.45, 7) is 0.877. The number of hydrogen-bond donors (Lipinski definition) is 1. The number of pyridine rings is 1. The van der Waals surface area contributed by atoms with Crippen molar-refractivity contribution in [3.63, 3.8) is 0 Å². The zero-order chi connectivity index (χ0) is 13.1. The van der Waals surface area contributed by atoms with E-state index in [1.807, 2.05) is 0 Å². The Morgan fingerprint density at radius 2 is 2.06 bits per heavy atom. The van der Waals surface area contributed by atoms with Crippen LogP contribution in [0.3, 0.4) is 0 Å². The lowest BCUT2D eigenvalue weighted by atomic mass is 10.0. The molecule has 1 aromatic heterocycles. The molecule has 96 valence electrons. The zero-order valence-corrected chi connectivity index (χ0v) is 9.78. The van der Waals surface area contributed by atoms with E-state index >= 15 is 0 Å². The van der Waals surface area contributed by atoms with E-state index in [4.69, 9.17) is 5.11 Å². The van der Waals surface area contributed by atoms with E-state index in [0.717, 1.165) is 0 Å². The minimum absolute atomic E-state index is 0.108. The van der Waals surface area contributed by atoms with Crippen molar-refractivity contribution in [3.05, 3.63) is 34.7 Å². The fraction of sp³-hybridized carbons (Fsp3) is 0.417. The molecule has 0 aliphatic carbocycles. The van der Waals surface area contributed by atoms with Gasteiger partial charge >= 0.3 is 5.97 Å². The molecule has 0 unspecified atom stereocenters. The number of carbonyl (C=O) groups is 2. The Hall–Kier alpha value is -2.11. The summed E-state index contributed by atoms with van der Waals surface area (Å²) in [5.74, 6) is -1.41. The highest BCUT2D eigenvalue weighted by molar-refractivity contribution is 5.80. The minimum Gasteiger partial charge on any atom is -0.481 e. The van der Waals surface area contributed by atoms with Gasteiger partial charge in [0.1, 0.15) is 0 Å². The molecule has 0 saturated carbocycles. The predicted octanol–water partition coefficient (Wildman–Crippen LogP) is -0.219. The molecule has 1 N–H and O–H groups in total. The summed E-state index contributed by atoms with van der Waals surface area (Å²) in [6, 6.07) is 4.82. The standard InChI is InChI=1S/C12H14N2O4/c15-10-3-1-2-5-13(10)6-4-11(16)14-7-9(8-14)12(17)18/h1-3,5,9H,4,6-8H2,(H,17,18). The fourth-order valence-electron chi connectivity index (χ4n) is 1.86. The lowest BCUT2D eigenvalue weighted by Gasteiger charge is -2.36. The highest BCUT2D eigenvalue weighted by Crippen LogP contribution is 2.16. The number of hydrogen-bond acceptors (Lipinski definition) is 3. The molecular formula is C12H14N2O4. The smallest absolute Gasteiger partial charge is 0.310 e. The van der Waals surface area contributed by atoms with Crippen LogP contribution in [0, 0.1) is 5.92 Å². The van der Waals surface area contributed by atoms with Crippen LogP contribution in [0.2, 0.25) is 0 Å². The first kappa shape index (κ1) is 12.3. The van der Waals surface area contributed by atoms with Crippen LogP contribution in [-0.4, -0.2) is 39.5 Å². The molecule has 6 nitrogen and oxygen atoms in total. The predicted molar refractivity (Wildman–Crippen MR) is 63.0 cm³/mol. The fourth-order valence-corrected chi connectivity index (χ4v) is 1.86. The Balaban J connectivity index is 1.82. The summed E-state index contributed by atoms with van der Waals surface area (Å²) < 4.78 is 1.46. The van der Waals surface area contributed by atoms with Crippen molar-refractivity contribution >= 4 is 11.9 Å². The summed E-state index contributed by atoms with van der Waals surface area (Å²) in [6.07, 6.45) is 1.85. The maximum atomic E-state index is 11.7. The van der Waals surface area contributed by atoms with E-state index in [1.165, 1.54) is 15.5 Å². The highest BCUT2D eigenvalue weighted by atomic mass is 16.4. The molecule has 1 aromatic rings. The highest BCUT2D eigenvalue weighted by Gasteiger charge is 2.35. The summed E-state index contributed by atoms with van der Waals surface area (Å²) in [7, 11) is 0. The second kappa shape index (κ2) is 5.03. The van der Waals surface area contributed by atoms with Gasteiger partial charge in [-0.25, -0.2) is 0 Å². The number of nitrogens with zero attached hydrogens (tertiary/aromatic N) is 2. The first-order chi connectivity index (χ1) is 8.58. The van der Waals surface area contributed by atoms with E-state index in [1.54, 1.807) is 18.3 Å². The molecule has 6 heteroatoms. The second-order valence-corrected chi connectivity index (χ2v) is 4.32. The molecule has 0 radical (unpaired) electrons. The molecule has 1 amide bonds. The van der Waals surface area contributed by atoms with Crippen LogP contribution < -0.4 is 5.56 Å². The van der Waals surface area contributed by atoms with Gasteiger partial charge in [-0.15, -0.1) is 0 Å². The van der Waals surface area contributed by atoms with Crippen LogP contribution in [0.4, 0.5) is 0 Å². The summed E-state index contributed by atoms with van der Waals surface area (Å²) >= 11 is 0. The van der Waals surface area contributed by atoms with Crippen LogP contribution in [0.25, 0.3) is 0 Å². The number of aliphatic carboxylic acids is 1. The van der Waals surface area contributed by atoms with E-state index < -0.39 is 11.9 Å². The van der Waals surface area contributed by atoms with E-state index in [9.17, 15) is 14.4 Å². The van der Waals surface area contributed by atoms with Crippen molar-refractivity contribution < 1.29 is 14.7 Å². The van der Waals surface area contributed by atoms with Gasteiger partial charge < -0.3 is 14.6 Å². The lowest BCUT2D eigenvalue weighted by Crippen LogP contribution is -2.53. The molecule has 0 spiro atoms. The number of aromatic nitrogens is 1. The van der Waals surface area contributed by atoms with Gasteiger partial charge in [-0.1, -0.05) is 6.07 Å². The molecular weight excluding hydrogens is 236 g/mol. The van der Waals surface area contributed by atoms with Crippen LogP contribution in [0.15, 0.2) is 29.2 Å². The van der Waals surface area contributed by atoms with Crippen molar-refractivity contribution in [1.29, 1.82) is 0 Å².